The first kappa shape index (κ1) is 18.0. The Morgan fingerprint density at radius 2 is 2.00 bits per heavy atom. The van der Waals surface area contributed by atoms with Crippen LogP contribution >= 0.6 is 0 Å². The summed E-state index contributed by atoms with van der Waals surface area (Å²) in [5.74, 6) is -0.765. The first-order valence-corrected chi connectivity index (χ1v) is 8.45. The lowest BCUT2D eigenvalue weighted by Crippen LogP contribution is -2.42. The van der Waals surface area contributed by atoms with Crippen LogP contribution in [0.5, 0.6) is 5.75 Å². The Hall–Kier alpha value is -2.09. The zero-order valence-electron chi connectivity index (χ0n) is 12.7. The van der Waals surface area contributed by atoms with Gasteiger partial charge in [0, 0.05) is 13.3 Å². The number of benzene rings is 1. The minimum absolute atomic E-state index is 0.144. The minimum Gasteiger partial charge on any atom is -0.464 e. The van der Waals surface area contributed by atoms with Gasteiger partial charge in [-0.05, 0) is 24.6 Å². The largest absolute Gasteiger partial charge is 0.464 e. The molecule has 1 N–H and O–H groups in total. The van der Waals surface area contributed by atoms with Crippen LogP contribution in [-0.4, -0.2) is 39.2 Å². The number of hydrogen-bond acceptors (Lipinski definition) is 6. The predicted molar refractivity (Wildman–Crippen MR) is 79.9 cm³/mol. The highest BCUT2D eigenvalue weighted by molar-refractivity contribution is 7.86. The molecule has 1 amide bonds. The molecule has 0 saturated carbocycles. The van der Waals surface area contributed by atoms with E-state index in [-0.39, 0.29) is 24.7 Å². The summed E-state index contributed by atoms with van der Waals surface area (Å²) in [6.07, 6.45) is 1.11. The van der Waals surface area contributed by atoms with E-state index >= 15 is 0 Å². The second-order valence-corrected chi connectivity index (χ2v) is 6.22. The molecule has 22 heavy (non-hydrogen) atoms. The van der Waals surface area contributed by atoms with E-state index in [9.17, 15) is 18.0 Å². The Morgan fingerprint density at radius 1 is 1.32 bits per heavy atom. The van der Waals surface area contributed by atoms with Crippen LogP contribution < -0.4 is 9.50 Å². The van der Waals surface area contributed by atoms with Gasteiger partial charge in [-0.2, -0.15) is 8.42 Å². The molecule has 8 heteroatoms. The molecule has 0 fully saturated rings. The molecule has 0 aliphatic rings. The maximum atomic E-state index is 11.8. The number of esters is 1. The molecular weight excluding hydrogens is 310 g/mol. The van der Waals surface area contributed by atoms with Gasteiger partial charge in [-0.25, -0.2) is 4.79 Å². The highest BCUT2D eigenvalue weighted by atomic mass is 32.2. The van der Waals surface area contributed by atoms with Gasteiger partial charge in [-0.15, -0.1) is 0 Å². The zero-order chi connectivity index (χ0) is 16.8. The number of nitrogens with one attached hydrogen (secondary N) is 1. The topological polar surface area (TPSA) is 98.8 Å². The summed E-state index contributed by atoms with van der Waals surface area (Å²) in [7, 11) is -3.63. The molecule has 0 radical (unpaired) electrons. The van der Waals surface area contributed by atoms with E-state index in [1.807, 2.05) is 0 Å². The van der Waals surface area contributed by atoms with E-state index < -0.39 is 22.1 Å². The molecular formula is C14H19NO6S. The maximum Gasteiger partial charge on any atom is 0.328 e. The summed E-state index contributed by atoms with van der Waals surface area (Å²) in [4.78, 5) is 23.0. The molecule has 1 aromatic carbocycles. The summed E-state index contributed by atoms with van der Waals surface area (Å²) in [5.41, 5.74) is 0.632. The average molecular weight is 329 g/mol. The van der Waals surface area contributed by atoms with Crippen molar-refractivity contribution in [2.24, 2.45) is 0 Å². The Balaban J connectivity index is 2.90. The summed E-state index contributed by atoms with van der Waals surface area (Å²) in [5, 5.41) is 2.51. The van der Waals surface area contributed by atoms with E-state index in [0.717, 1.165) is 6.26 Å². The molecule has 0 unspecified atom stereocenters. The molecule has 0 spiro atoms. The molecule has 1 rings (SSSR count). The van der Waals surface area contributed by atoms with Crippen LogP contribution in [0.15, 0.2) is 24.3 Å². The van der Waals surface area contributed by atoms with Crippen LogP contribution in [0.2, 0.25) is 0 Å². The van der Waals surface area contributed by atoms with Crippen molar-refractivity contribution in [3.8, 4) is 5.75 Å². The van der Waals surface area contributed by atoms with Gasteiger partial charge < -0.3 is 14.2 Å². The normalized spacial score (nSPS) is 12.3. The molecule has 0 bridgehead atoms. The van der Waals surface area contributed by atoms with Crippen molar-refractivity contribution >= 4 is 22.0 Å². The summed E-state index contributed by atoms with van der Waals surface area (Å²) in [6.45, 7) is 3.17. The number of amides is 1. The minimum atomic E-state index is -3.63. The number of carbonyl (C=O) groups is 2. The van der Waals surface area contributed by atoms with Crippen molar-refractivity contribution in [2.45, 2.75) is 26.3 Å². The molecule has 1 aromatic rings. The molecule has 1 atom stereocenters. The zero-order valence-corrected chi connectivity index (χ0v) is 13.5. The lowest BCUT2D eigenvalue weighted by molar-refractivity contribution is -0.147. The second-order valence-electron chi connectivity index (χ2n) is 4.64. The van der Waals surface area contributed by atoms with E-state index in [0.29, 0.717) is 5.56 Å². The van der Waals surface area contributed by atoms with Crippen molar-refractivity contribution in [3.63, 3.8) is 0 Å². The number of rotatable bonds is 7. The van der Waals surface area contributed by atoms with Crippen molar-refractivity contribution in [1.82, 2.24) is 5.32 Å². The fourth-order valence-corrected chi connectivity index (χ4v) is 2.27. The van der Waals surface area contributed by atoms with Gasteiger partial charge in [0.05, 0.1) is 12.9 Å². The molecule has 122 valence electrons. The third-order valence-electron chi connectivity index (χ3n) is 2.53. The van der Waals surface area contributed by atoms with Gasteiger partial charge in [-0.1, -0.05) is 12.1 Å². The van der Waals surface area contributed by atoms with Gasteiger partial charge in [0.15, 0.2) is 0 Å². The number of carbonyl (C=O) groups excluding carboxylic acids is 2. The average Bonchev–Trinajstić information content (AvgIpc) is 2.36. The van der Waals surface area contributed by atoms with Crippen LogP contribution in [0.25, 0.3) is 0 Å². The van der Waals surface area contributed by atoms with Crippen molar-refractivity contribution < 1.29 is 26.9 Å². The van der Waals surface area contributed by atoms with E-state index in [1.54, 1.807) is 19.1 Å². The quantitative estimate of drug-likeness (QED) is 0.582. The summed E-state index contributed by atoms with van der Waals surface area (Å²) < 4.78 is 31.9. The highest BCUT2D eigenvalue weighted by Gasteiger charge is 2.21. The van der Waals surface area contributed by atoms with E-state index in [1.165, 1.54) is 19.1 Å². The van der Waals surface area contributed by atoms with Crippen LogP contribution in [0.4, 0.5) is 0 Å². The molecule has 0 saturated heterocycles. The van der Waals surface area contributed by atoms with Gasteiger partial charge in [0.1, 0.15) is 11.8 Å². The smallest absolute Gasteiger partial charge is 0.328 e. The predicted octanol–water partition coefficient (Wildman–Crippen LogP) is 0.635. The second kappa shape index (κ2) is 7.79. The standard InChI is InChI=1S/C14H19NO6S/c1-4-20-14(17)13(15-10(2)16)9-11-6-5-7-12(8-11)21-22(3,18)19/h5-8,13H,4,9H2,1-3H3,(H,15,16)/t13-/m0/s1. The van der Waals surface area contributed by atoms with Crippen LogP contribution in [0.3, 0.4) is 0 Å². The van der Waals surface area contributed by atoms with Crippen LogP contribution in [-0.2, 0) is 30.9 Å². The SMILES string of the molecule is CCOC(=O)[C@H](Cc1cccc(OS(C)(=O)=O)c1)NC(C)=O. The number of hydrogen-bond donors (Lipinski definition) is 1. The van der Waals surface area contributed by atoms with Crippen molar-refractivity contribution in [3.05, 3.63) is 29.8 Å². The fraction of sp³-hybridized carbons (Fsp3) is 0.429. The highest BCUT2D eigenvalue weighted by Crippen LogP contribution is 2.16. The molecule has 0 aromatic heterocycles. The monoisotopic (exact) mass is 329 g/mol. The summed E-state index contributed by atoms with van der Waals surface area (Å²) in [6, 6.07) is 5.44. The number of ether oxygens (including phenoxy) is 1. The van der Waals surface area contributed by atoms with Gasteiger partial charge in [0.25, 0.3) is 0 Å². The Morgan fingerprint density at radius 3 is 2.55 bits per heavy atom. The lowest BCUT2D eigenvalue weighted by Gasteiger charge is -2.16. The van der Waals surface area contributed by atoms with Gasteiger partial charge in [-0.3, -0.25) is 4.79 Å². The van der Waals surface area contributed by atoms with Crippen molar-refractivity contribution in [1.29, 1.82) is 0 Å². The molecule has 0 heterocycles. The van der Waals surface area contributed by atoms with Gasteiger partial charge in [0.2, 0.25) is 5.91 Å². The maximum absolute atomic E-state index is 11.8. The van der Waals surface area contributed by atoms with Crippen molar-refractivity contribution in [2.75, 3.05) is 12.9 Å². The van der Waals surface area contributed by atoms with E-state index in [2.05, 4.69) is 5.32 Å². The van der Waals surface area contributed by atoms with E-state index in [4.69, 9.17) is 8.92 Å². The fourth-order valence-electron chi connectivity index (χ4n) is 1.82. The summed E-state index contributed by atoms with van der Waals surface area (Å²) >= 11 is 0. The first-order valence-electron chi connectivity index (χ1n) is 6.63. The Labute approximate surface area is 129 Å². The molecule has 0 aliphatic carbocycles. The Kier molecular flexibility index (Phi) is 6.36. The first-order chi connectivity index (χ1) is 10.2. The van der Waals surface area contributed by atoms with Gasteiger partial charge >= 0.3 is 16.1 Å². The molecule has 0 aliphatic heterocycles. The van der Waals surface area contributed by atoms with Crippen LogP contribution in [0.1, 0.15) is 19.4 Å². The third-order valence-corrected chi connectivity index (χ3v) is 3.03. The Bertz CT molecular complexity index is 640. The lowest BCUT2D eigenvalue weighted by atomic mass is 10.1. The van der Waals surface area contributed by atoms with Crippen LogP contribution in [0, 0.1) is 0 Å². The third kappa shape index (κ3) is 6.57. The molecule has 7 nitrogen and oxygen atoms in total.